The van der Waals surface area contributed by atoms with Gasteiger partial charge in [-0.15, -0.1) is 0 Å². The first-order valence-electron chi connectivity index (χ1n) is 3.48. The highest BCUT2D eigenvalue weighted by molar-refractivity contribution is 5.02. The largest absolute Gasteiger partial charge is 0.393 e. The monoisotopic (exact) mass is 126 g/mol. The number of hydrogen-bond acceptors (Lipinski definition) is 1. The Morgan fingerprint density at radius 1 is 1.44 bits per heavy atom. The quantitative estimate of drug-likeness (QED) is 0.530. The van der Waals surface area contributed by atoms with Crippen molar-refractivity contribution < 1.29 is 5.11 Å². The lowest BCUT2D eigenvalue weighted by Crippen LogP contribution is -2.26. The van der Waals surface area contributed by atoms with E-state index >= 15 is 0 Å². The van der Waals surface area contributed by atoms with Gasteiger partial charge in [0.25, 0.3) is 0 Å². The van der Waals surface area contributed by atoms with Crippen LogP contribution < -0.4 is 0 Å². The van der Waals surface area contributed by atoms with E-state index in [0.717, 1.165) is 12.8 Å². The Morgan fingerprint density at radius 2 is 1.89 bits per heavy atom. The van der Waals surface area contributed by atoms with Crippen molar-refractivity contribution in [3.8, 4) is 0 Å². The maximum absolute atomic E-state index is 9.27. The summed E-state index contributed by atoms with van der Waals surface area (Å²) in [6.07, 6.45) is 6.18. The van der Waals surface area contributed by atoms with Crippen LogP contribution in [0.3, 0.4) is 0 Å². The van der Waals surface area contributed by atoms with Crippen molar-refractivity contribution in [2.24, 2.45) is 5.41 Å². The molecule has 0 aliphatic heterocycles. The van der Waals surface area contributed by atoms with Gasteiger partial charge in [0.1, 0.15) is 0 Å². The van der Waals surface area contributed by atoms with Gasteiger partial charge in [0.05, 0.1) is 6.10 Å². The molecule has 0 radical (unpaired) electrons. The van der Waals surface area contributed by atoms with E-state index in [1.165, 1.54) is 0 Å². The fraction of sp³-hybridized carbons (Fsp3) is 0.750. The summed E-state index contributed by atoms with van der Waals surface area (Å²) < 4.78 is 0. The molecule has 0 fully saturated rings. The van der Waals surface area contributed by atoms with Crippen molar-refractivity contribution in [2.45, 2.75) is 32.8 Å². The first kappa shape index (κ1) is 6.81. The Balaban J connectivity index is 2.55. The number of hydrogen-bond donors (Lipinski definition) is 1. The van der Waals surface area contributed by atoms with Gasteiger partial charge < -0.3 is 5.11 Å². The van der Waals surface area contributed by atoms with E-state index in [2.05, 4.69) is 19.1 Å². The van der Waals surface area contributed by atoms with Crippen molar-refractivity contribution >= 4 is 0 Å². The third-order valence-corrected chi connectivity index (χ3v) is 2.34. The topological polar surface area (TPSA) is 20.2 Å². The van der Waals surface area contributed by atoms with Gasteiger partial charge in [-0.2, -0.15) is 0 Å². The molecule has 0 aromatic heterocycles. The van der Waals surface area contributed by atoms with E-state index in [1.54, 1.807) is 0 Å². The van der Waals surface area contributed by atoms with E-state index in [9.17, 15) is 5.11 Å². The van der Waals surface area contributed by atoms with Gasteiger partial charge in [0, 0.05) is 5.41 Å². The molecule has 0 saturated heterocycles. The zero-order chi connectivity index (χ0) is 6.91. The standard InChI is InChI=1S/C8H14O/c1-7(9)8(2)5-3-4-6-8/h3-4,7,9H,5-6H2,1-2H3. The summed E-state index contributed by atoms with van der Waals surface area (Å²) in [6, 6.07) is 0. The number of aliphatic hydroxyl groups excluding tert-OH is 1. The Labute approximate surface area is 56.4 Å². The van der Waals surface area contributed by atoms with E-state index in [4.69, 9.17) is 0 Å². The molecule has 0 saturated carbocycles. The van der Waals surface area contributed by atoms with Crippen LogP contribution in [-0.2, 0) is 0 Å². The molecule has 1 aliphatic rings. The third-order valence-electron chi connectivity index (χ3n) is 2.34. The summed E-state index contributed by atoms with van der Waals surface area (Å²) in [5, 5.41) is 9.27. The zero-order valence-electron chi connectivity index (χ0n) is 6.09. The summed E-state index contributed by atoms with van der Waals surface area (Å²) in [5.74, 6) is 0. The summed E-state index contributed by atoms with van der Waals surface area (Å²) in [4.78, 5) is 0. The summed E-state index contributed by atoms with van der Waals surface area (Å²) in [5.41, 5.74) is 0.139. The molecule has 52 valence electrons. The fourth-order valence-corrected chi connectivity index (χ4v) is 1.13. The van der Waals surface area contributed by atoms with Crippen LogP contribution in [-0.4, -0.2) is 11.2 Å². The van der Waals surface area contributed by atoms with Crippen LogP contribution in [0.25, 0.3) is 0 Å². The second-order valence-electron chi connectivity index (χ2n) is 3.21. The Bertz CT molecular complexity index is 117. The second-order valence-corrected chi connectivity index (χ2v) is 3.21. The highest BCUT2D eigenvalue weighted by atomic mass is 16.3. The first-order valence-corrected chi connectivity index (χ1v) is 3.48. The molecular formula is C8H14O. The van der Waals surface area contributed by atoms with Crippen LogP contribution >= 0.6 is 0 Å². The van der Waals surface area contributed by atoms with Crippen LogP contribution in [0.2, 0.25) is 0 Å². The van der Waals surface area contributed by atoms with Crippen LogP contribution in [0.1, 0.15) is 26.7 Å². The molecule has 0 spiro atoms. The van der Waals surface area contributed by atoms with Crippen molar-refractivity contribution in [1.29, 1.82) is 0 Å². The van der Waals surface area contributed by atoms with Gasteiger partial charge in [-0.05, 0) is 19.8 Å². The predicted molar refractivity (Wildman–Crippen MR) is 38.2 cm³/mol. The number of aliphatic hydroxyl groups is 1. The Morgan fingerprint density at radius 3 is 2.11 bits per heavy atom. The molecule has 1 nitrogen and oxygen atoms in total. The van der Waals surface area contributed by atoms with E-state index in [0.29, 0.717) is 0 Å². The molecule has 1 unspecified atom stereocenters. The molecular weight excluding hydrogens is 112 g/mol. The van der Waals surface area contributed by atoms with Crippen LogP contribution in [0.5, 0.6) is 0 Å². The molecule has 9 heavy (non-hydrogen) atoms. The highest BCUT2D eigenvalue weighted by Gasteiger charge is 2.29. The summed E-state index contributed by atoms with van der Waals surface area (Å²) >= 11 is 0. The number of allylic oxidation sites excluding steroid dienone is 2. The average molecular weight is 126 g/mol. The van der Waals surface area contributed by atoms with E-state index in [1.807, 2.05) is 6.92 Å². The van der Waals surface area contributed by atoms with Crippen LogP contribution in [0, 0.1) is 5.41 Å². The third kappa shape index (κ3) is 1.16. The van der Waals surface area contributed by atoms with Crippen molar-refractivity contribution in [1.82, 2.24) is 0 Å². The fourth-order valence-electron chi connectivity index (χ4n) is 1.13. The molecule has 1 N–H and O–H groups in total. The SMILES string of the molecule is CC(O)C1(C)CC=CC1. The summed E-state index contributed by atoms with van der Waals surface area (Å²) in [7, 11) is 0. The van der Waals surface area contributed by atoms with Gasteiger partial charge >= 0.3 is 0 Å². The molecule has 1 atom stereocenters. The van der Waals surface area contributed by atoms with Crippen LogP contribution in [0.4, 0.5) is 0 Å². The molecule has 1 heteroatoms. The maximum Gasteiger partial charge on any atom is 0.0571 e. The van der Waals surface area contributed by atoms with E-state index in [-0.39, 0.29) is 11.5 Å². The van der Waals surface area contributed by atoms with Gasteiger partial charge in [0.15, 0.2) is 0 Å². The maximum atomic E-state index is 9.27. The molecule has 1 rings (SSSR count). The van der Waals surface area contributed by atoms with Crippen molar-refractivity contribution in [3.05, 3.63) is 12.2 Å². The molecule has 0 aromatic rings. The lowest BCUT2D eigenvalue weighted by molar-refractivity contribution is 0.0621. The van der Waals surface area contributed by atoms with Gasteiger partial charge in [0.2, 0.25) is 0 Å². The molecule has 0 bridgehead atoms. The lowest BCUT2D eigenvalue weighted by Gasteiger charge is -2.26. The minimum absolute atomic E-state index is 0.139. The minimum Gasteiger partial charge on any atom is -0.393 e. The van der Waals surface area contributed by atoms with Crippen molar-refractivity contribution in [2.75, 3.05) is 0 Å². The van der Waals surface area contributed by atoms with Gasteiger partial charge in [-0.3, -0.25) is 0 Å². The molecule has 0 heterocycles. The van der Waals surface area contributed by atoms with Crippen molar-refractivity contribution in [3.63, 3.8) is 0 Å². The molecule has 0 aromatic carbocycles. The van der Waals surface area contributed by atoms with Gasteiger partial charge in [-0.25, -0.2) is 0 Å². The smallest absolute Gasteiger partial charge is 0.0571 e. The lowest BCUT2D eigenvalue weighted by atomic mass is 9.83. The Kier molecular flexibility index (Phi) is 1.62. The Hall–Kier alpha value is -0.300. The average Bonchev–Trinajstić information content (AvgIpc) is 2.16. The summed E-state index contributed by atoms with van der Waals surface area (Å²) in [6.45, 7) is 3.99. The normalized spacial score (nSPS) is 26.6. The zero-order valence-corrected chi connectivity index (χ0v) is 6.09. The molecule has 0 amide bonds. The van der Waals surface area contributed by atoms with E-state index < -0.39 is 0 Å². The van der Waals surface area contributed by atoms with Crippen LogP contribution in [0.15, 0.2) is 12.2 Å². The minimum atomic E-state index is -0.174. The first-order chi connectivity index (χ1) is 4.15. The number of rotatable bonds is 1. The highest BCUT2D eigenvalue weighted by Crippen LogP contribution is 2.35. The molecule has 1 aliphatic carbocycles. The predicted octanol–water partition coefficient (Wildman–Crippen LogP) is 1.72. The second kappa shape index (κ2) is 2.14. The van der Waals surface area contributed by atoms with Gasteiger partial charge in [-0.1, -0.05) is 19.1 Å².